The maximum atomic E-state index is 12.9. The molecule has 0 saturated heterocycles. The van der Waals surface area contributed by atoms with Gasteiger partial charge in [0.15, 0.2) is 0 Å². The minimum Gasteiger partial charge on any atom is -0.303 e. The van der Waals surface area contributed by atoms with Crippen molar-refractivity contribution in [2.24, 2.45) is 0 Å². The molecule has 3 aromatic rings. The molecule has 2 aromatic carbocycles. The van der Waals surface area contributed by atoms with Gasteiger partial charge in [-0.2, -0.15) is 0 Å². The second kappa shape index (κ2) is 4.43. The van der Waals surface area contributed by atoms with E-state index < -0.39 is 8.07 Å². The van der Waals surface area contributed by atoms with E-state index in [4.69, 9.17) is 0 Å². The lowest BCUT2D eigenvalue weighted by Gasteiger charge is -2.24. The Bertz CT molecular complexity index is 963. The number of aromatic nitrogens is 1. The minimum atomic E-state index is -1.61. The number of fused-ring (bicyclic) bond motifs is 4. The van der Waals surface area contributed by atoms with Crippen molar-refractivity contribution in [1.82, 2.24) is 4.57 Å². The molecule has 2 nitrogen and oxygen atoms in total. The Morgan fingerprint density at radius 1 is 0.909 bits per heavy atom. The van der Waals surface area contributed by atoms with E-state index in [1.807, 2.05) is 22.8 Å². The predicted molar refractivity (Wildman–Crippen MR) is 95.7 cm³/mol. The van der Waals surface area contributed by atoms with Crippen LogP contribution in [-0.4, -0.2) is 12.6 Å². The van der Waals surface area contributed by atoms with Gasteiger partial charge in [-0.15, -0.1) is 0 Å². The van der Waals surface area contributed by atoms with Crippen LogP contribution in [0.15, 0.2) is 53.3 Å². The molecule has 0 saturated carbocycles. The number of benzene rings is 2. The zero-order chi connectivity index (χ0) is 15.5. The zero-order valence-corrected chi connectivity index (χ0v) is 14.2. The van der Waals surface area contributed by atoms with E-state index in [0.717, 1.165) is 10.8 Å². The SMILES string of the molecule is C[Si](C)(C)c1c2n(c(=O)c3ccccc13)Cc1ccccc1-2. The first-order valence-electron chi connectivity index (χ1n) is 7.73. The summed E-state index contributed by atoms with van der Waals surface area (Å²) in [7, 11) is -1.61. The summed E-state index contributed by atoms with van der Waals surface area (Å²) in [6.45, 7) is 7.79. The van der Waals surface area contributed by atoms with E-state index in [1.165, 1.54) is 22.0 Å². The molecule has 1 aliphatic rings. The number of pyridine rings is 1. The third-order valence-corrected chi connectivity index (χ3v) is 6.54. The molecule has 2 heterocycles. The Balaban J connectivity index is 2.26. The summed E-state index contributed by atoms with van der Waals surface area (Å²) in [5.41, 5.74) is 3.81. The van der Waals surface area contributed by atoms with Crippen molar-refractivity contribution < 1.29 is 0 Å². The Morgan fingerprint density at radius 3 is 2.27 bits per heavy atom. The average Bonchev–Trinajstić information content (AvgIpc) is 2.86. The molecule has 0 unspecified atom stereocenters. The summed E-state index contributed by atoms with van der Waals surface area (Å²) in [6.07, 6.45) is 0. The second-order valence-electron chi connectivity index (χ2n) is 7.07. The molecular weight excluding hydrogens is 286 g/mol. The molecular formula is C19H19NOSi. The van der Waals surface area contributed by atoms with Gasteiger partial charge in [-0.25, -0.2) is 0 Å². The normalized spacial score (nSPS) is 13.2. The smallest absolute Gasteiger partial charge is 0.259 e. The Morgan fingerprint density at radius 2 is 1.55 bits per heavy atom. The fraction of sp³-hybridized carbons (Fsp3) is 0.211. The molecule has 1 aliphatic heterocycles. The monoisotopic (exact) mass is 305 g/mol. The molecule has 0 bridgehead atoms. The lowest BCUT2D eigenvalue weighted by atomic mass is 10.1. The first-order valence-corrected chi connectivity index (χ1v) is 11.2. The molecule has 0 atom stereocenters. The molecule has 0 fully saturated rings. The van der Waals surface area contributed by atoms with Crippen LogP contribution in [0, 0.1) is 0 Å². The van der Waals surface area contributed by atoms with Crippen LogP contribution in [0.2, 0.25) is 19.6 Å². The number of hydrogen-bond donors (Lipinski definition) is 0. The topological polar surface area (TPSA) is 22.0 Å². The molecule has 0 amide bonds. The Hall–Kier alpha value is -2.13. The van der Waals surface area contributed by atoms with Crippen molar-refractivity contribution in [2.75, 3.05) is 0 Å². The Labute approximate surface area is 131 Å². The highest BCUT2D eigenvalue weighted by Crippen LogP contribution is 2.32. The summed E-state index contributed by atoms with van der Waals surface area (Å²) in [4.78, 5) is 12.9. The molecule has 0 aliphatic carbocycles. The van der Waals surface area contributed by atoms with Crippen LogP contribution >= 0.6 is 0 Å². The molecule has 110 valence electrons. The first-order chi connectivity index (χ1) is 10.5. The maximum Gasteiger partial charge on any atom is 0.259 e. The zero-order valence-electron chi connectivity index (χ0n) is 13.2. The van der Waals surface area contributed by atoms with Gasteiger partial charge < -0.3 is 4.57 Å². The lowest BCUT2D eigenvalue weighted by molar-refractivity contribution is 0.815. The molecule has 0 N–H and O–H groups in total. The van der Waals surface area contributed by atoms with Crippen molar-refractivity contribution in [3.05, 3.63) is 64.4 Å². The van der Waals surface area contributed by atoms with Crippen molar-refractivity contribution in [1.29, 1.82) is 0 Å². The number of rotatable bonds is 1. The highest BCUT2D eigenvalue weighted by Gasteiger charge is 2.31. The van der Waals surface area contributed by atoms with Gasteiger partial charge in [0, 0.05) is 10.9 Å². The quantitative estimate of drug-likeness (QED) is 0.493. The standard InChI is InChI=1S/C19H19NOSi/c1-22(2,3)18-15-10-6-7-11-16(15)19(21)20-12-13-8-4-5-9-14(13)17(18)20/h4-11H,12H2,1-3H3. The number of hydrogen-bond acceptors (Lipinski definition) is 1. The molecule has 1 aromatic heterocycles. The molecule has 4 rings (SSSR count). The van der Waals surface area contributed by atoms with Gasteiger partial charge in [0.05, 0.1) is 20.3 Å². The lowest BCUT2D eigenvalue weighted by Crippen LogP contribution is -2.43. The van der Waals surface area contributed by atoms with Crippen LogP contribution in [-0.2, 0) is 6.54 Å². The van der Waals surface area contributed by atoms with Gasteiger partial charge in [-0.1, -0.05) is 62.1 Å². The number of nitrogens with zero attached hydrogens (tertiary/aromatic N) is 1. The summed E-state index contributed by atoms with van der Waals surface area (Å²) in [5.74, 6) is 0. The molecule has 0 spiro atoms. The van der Waals surface area contributed by atoms with Crippen molar-refractivity contribution in [3.8, 4) is 11.3 Å². The van der Waals surface area contributed by atoms with Crippen LogP contribution in [0.4, 0.5) is 0 Å². The maximum absolute atomic E-state index is 12.9. The van der Waals surface area contributed by atoms with Crippen LogP contribution in [0.3, 0.4) is 0 Å². The summed E-state index contributed by atoms with van der Waals surface area (Å²) in [6, 6.07) is 16.5. The van der Waals surface area contributed by atoms with E-state index >= 15 is 0 Å². The van der Waals surface area contributed by atoms with E-state index in [-0.39, 0.29) is 5.56 Å². The van der Waals surface area contributed by atoms with Crippen molar-refractivity contribution >= 4 is 24.0 Å². The van der Waals surface area contributed by atoms with Gasteiger partial charge >= 0.3 is 0 Å². The fourth-order valence-corrected chi connectivity index (χ4v) is 5.65. The van der Waals surface area contributed by atoms with E-state index in [0.29, 0.717) is 6.54 Å². The molecule has 0 radical (unpaired) electrons. The van der Waals surface area contributed by atoms with Crippen LogP contribution in [0.1, 0.15) is 5.56 Å². The van der Waals surface area contributed by atoms with E-state index in [1.54, 1.807) is 0 Å². The predicted octanol–water partition coefficient (Wildman–Crippen LogP) is 3.58. The van der Waals surface area contributed by atoms with Crippen LogP contribution in [0.5, 0.6) is 0 Å². The van der Waals surface area contributed by atoms with Gasteiger partial charge in [-0.05, 0) is 22.2 Å². The van der Waals surface area contributed by atoms with Crippen LogP contribution < -0.4 is 10.7 Å². The van der Waals surface area contributed by atoms with Crippen molar-refractivity contribution in [2.45, 2.75) is 26.2 Å². The third kappa shape index (κ3) is 1.75. The van der Waals surface area contributed by atoms with Gasteiger partial charge in [0.25, 0.3) is 5.56 Å². The minimum absolute atomic E-state index is 0.142. The van der Waals surface area contributed by atoms with Gasteiger partial charge in [0.1, 0.15) is 0 Å². The summed E-state index contributed by atoms with van der Waals surface area (Å²) in [5, 5.41) is 3.42. The third-order valence-electron chi connectivity index (χ3n) is 4.53. The van der Waals surface area contributed by atoms with E-state index in [9.17, 15) is 4.79 Å². The molecule has 3 heteroatoms. The van der Waals surface area contributed by atoms with Crippen LogP contribution in [0.25, 0.3) is 22.0 Å². The Kier molecular flexibility index (Phi) is 2.72. The van der Waals surface area contributed by atoms with Gasteiger partial charge in [-0.3, -0.25) is 4.79 Å². The van der Waals surface area contributed by atoms with Crippen molar-refractivity contribution in [3.63, 3.8) is 0 Å². The second-order valence-corrected chi connectivity index (χ2v) is 12.1. The highest BCUT2D eigenvalue weighted by atomic mass is 28.3. The fourth-order valence-electron chi connectivity index (χ4n) is 3.65. The summed E-state index contributed by atoms with van der Waals surface area (Å²) >= 11 is 0. The first kappa shape index (κ1) is 13.5. The largest absolute Gasteiger partial charge is 0.303 e. The molecule has 22 heavy (non-hydrogen) atoms. The highest BCUT2D eigenvalue weighted by molar-refractivity contribution is 6.91. The van der Waals surface area contributed by atoms with E-state index in [2.05, 4.69) is 50.0 Å². The van der Waals surface area contributed by atoms with Gasteiger partial charge in [0.2, 0.25) is 0 Å². The average molecular weight is 305 g/mol. The summed E-state index contributed by atoms with van der Waals surface area (Å²) < 4.78 is 1.99.